The highest BCUT2D eigenvalue weighted by molar-refractivity contribution is 5.89. The van der Waals surface area contributed by atoms with E-state index in [1.807, 2.05) is 24.4 Å². The van der Waals surface area contributed by atoms with Gasteiger partial charge >= 0.3 is 5.97 Å². The van der Waals surface area contributed by atoms with Crippen molar-refractivity contribution in [3.05, 3.63) is 41.6 Å². The molecule has 0 radical (unpaired) electrons. The number of carbonyl (C=O) groups excluding carboxylic acids is 2. The SMILES string of the molecule is CCCCOC(=O)CC1CCN(c2nc(Nc3ccc4c(c3)CCC(=O)C4)nc3[nH]ccc23)CC1. The number of hydrogen-bond acceptors (Lipinski definition) is 7. The first-order chi connectivity index (χ1) is 17.1. The predicted molar refractivity (Wildman–Crippen MR) is 136 cm³/mol. The summed E-state index contributed by atoms with van der Waals surface area (Å²) in [6.45, 7) is 4.31. The largest absolute Gasteiger partial charge is 0.466 e. The lowest BCUT2D eigenvalue weighted by Crippen LogP contribution is -2.35. The van der Waals surface area contributed by atoms with E-state index in [-0.39, 0.29) is 5.97 Å². The van der Waals surface area contributed by atoms with Crippen molar-refractivity contribution in [3.63, 3.8) is 0 Å². The van der Waals surface area contributed by atoms with Crippen molar-refractivity contribution in [2.75, 3.05) is 29.9 Å². The quantitative estimate of drug-likeness (QED) is 0.359. The van der Waals surface area contributed by atoms with Gasteiger partial charge in [-0.3, -0.25) is 9.59 Å². The molecule has 184 valence electrons. The summed E-state index contributed by atoms with van der Waals surface area (Å²) in [5.74, 6) is 2.03. The van der Waals surface area contributed by atoms with Gasteiger partial charge in [0.25, 0.3) is 0 Å². The number of hydrogen-bond donors (Lipinski definition) is 2. The van der Waals surface area contributed by atoms with Gasteiger partial charge in [-0.1, -0.05) is 19.4 Å². The van der Waals surface area contributed by atoms with Gasteiger partial charge in [0.15, 0.2) is 0 Å². The number of ketones is 1. The highest BCUT2D eigenvalue weighted by atomic mass is 16.5. The zero-order chi connectivity index (χ0) is 24.2. The van der Waals surface area contributed by atoms with Gasteiger partial charge in [-0.25, -0.2) is 0 Å². The highest BCUT2D eigenvalue weighted by Gasteiger charge is 2.25. The standard InChI is InChI=1S/C27H33N5O3/c1-2-3-14-35-24(34)15-18-9-12-32(13-10-18)26-23-8-11-28-25(23)30-27(31-26)29-21-6-4-20-17-22(33)7-5-19(20)16-21/h4,6,8,11,16,18H,2-3,5,7,9-10,12-15,17H2,1H3,(H2,28,29,30,31). The molecule has 5 rings (SSSR count). The molecule has 8 heteroatoms. The molecule has 0 atom stereocenters. The number of piperidine rings is 1. The molecule has 1 saturated heterocycles. The Labute approximate surface area is 205 Å². The van der Waals surface area contributed by atoms with E-state index in [1.165, 1.54) is 5.56 Å². The molecule has 1 aliphatic carbocycles. The summed E-state index contributed by atoms with van der Waals surface area (Å²) in [5, 5.41) is 4.37. The molecular formula is C27H33N5O3. The van der Waals surface area contributed by atoms with E-state index in [2.05, 4.69) is 33.2 Å². The van der Waals surface area contributed by atoms with Gasteiger partial charge in [-0.05, 0) is 60.9 Å². The lowest BCUT2D eigenvalue weighted by molar-refractivity contribution is -0.145. The number of nitrogens with zero attached hydrogens (tertiary/aromatic N) is 3. The Morgan fingerprint density at radius 3 is 2.86 bits per heavy atom. The topological polar surface area (TPSA) is 100 Å². The first-order valence-electron chi connectivity index (χ1n) is 12.7. The van der Waals surface area contributed by atoms with Crippen LogP contribution in [-0.4, -0.2) is 46.4 Å². The molecule has 2 aliphatic rings. The number of aryl methyl sites for hydroxylation is 1. The summed E-state index contributed by atoms with van der Waals surface area (Å²) < 4.78 is 5.35. The van der Waals surface area contributed by atoms with Gasteiger partial charge in [0, 0.05) is 44.2 Å². The maximum absolute atomic E-state index is 12.1. The Kier molecular flexibility index (Phi) is 6.97. The van der Waals surface area contributed by atoms with Gasteiger partial charge in [0.2, 0.25) is 5.95 Å². The number of aromatic nitrogens is 3. The van der Waals surface area contributed by atoms with Gasteiger partial charge in [0.05, 0.1) is 12.0 Å². The lowest BCUT2D eigenvalue weighted by Gasteiger charge is -2.33. The number of H-pyrrole nitrogens is 1. The zero-order valence-corrected chi connectivity index (χ0v) is 20.3. The molecule has 3 heterocycles. The second kappa shape index (κ2) is 10.5. The van der Waals surface area contributed by atoms with Crippen LogP contribution in [0.2, 0.25) is 0 Å². The van der Waals surface area contributed by atoms with Gasteiger partial charge in [-0.2, -0.15) is 9.97 Å². The van der Waals surface area contributed by atoms with E-state index in [1.54, 1.807) is 0 Å². The summed E-state index contributed by atoms with van der Waals surface area (Å²) in [7, 11) is 0. The molecule has 0 bridgehead atoms. The number of benzene rings is 1. The van der Waals surface area contributed by atoms with Crippen LogP contribution in [0.25, 0.3) is 11.0 Å². The molecule has 0 saturated carbocycles. The maximum Gasteiger partial charge on any atom is 0.306 e. The minimum Gasteiger partial charge on any atom is -0.466 e. The summed E-state index contributed by atoms with van der Waals surface area (Å²) in [4.78, 5) is 38.9. The number of nitrogens with one attached hydrogen (secondary N) is 2. The molecule has 0 amide bonds. The normalized spacial score (nSPS) is 16.4. The lowest BCUT2D eigenvalue weighted by atomic mass is 9.90. The Bertz CT molecular complexity index is 1210. The van der Waals surface area contributed by atoms with Crippen LogP contribution in [0.3, 0.4) is 0 Å². The molecule has 1 aliphatic heterocycles. The summed E-state index contributed by atoms with van der Waals surface area (Å²) in [5.41, 5.74) is 4.05. The monoisotopic (exact) mass is 475 g/mol. The van der Waals surface area contributed by atoms with E-state index in [9.17, 15) is 9.59 Å². The first kappa shape index (κ1) is 23.3. The number of rotatable bonds is 8. The molecule has 1 fully saturated rings. The molecule has 1 aromatic carbocycles. The zero-order valence-electron chi connectivity index (χ0n) is 20.3. The number of anilines is 3. The fraction of sp³-hybridized carbons (Fsp3) is 0.481. The molecule has 2 aromatic heterocycles. The average Bonchev–Trinajstić information content (AvgIpc) is 3.33. The van der Waals surface area contributed by atoms with Crippen LogP contribution in [0, 0.1) is 5.92 Å². The third-order valence-electron chi connectivity index (χ3n) is 7.05. The molecular weight excluding hydrogens is 442 g/mol. The number of ether oxygens (including phenoxy) is 1. The van der Waals surface area contributed by atoms with E-state index < -0.39 is 0 Å². The maximum atomic E-state index is 12.1. The van der Waals surface area contributed by atoms with Crippen LogP contribution < -0.4 is 10.2 Å². The van der Waals surface area contributed by atoms with Gasteiger partial charge in [0.1, 0.15) is 17.2 Å². The van der Waals surface area contributed by atoms with Crippen LogP contribution in [-0.2, 0) is 27.2 Å². The Hall–Kier alpha value is -3.42. The van der Waals surface area contributed by atoms with Crippen LogP contribution in [0.4, 0.5) is 17.5 Å². The summed E-state index contributed by atoms with van der Waals surface area (Å²) >= 11 is 0. The first-order valence-corrected chi connectivity index (χ1v) is 12.7. The predicted octanol–water partition coefficient (Wildman–Crippen LogP) is 4.71. The second-order valence-corrected chi connectivity index (χ2v) is 9.64. The fourth-order valence-corrected chi connectivity index (χ4v) is 5.01. The number of esters is 1. The molecule has 2 N–H and O–H groups in total. The molecule has 8 nitrogen and oxygen atoms in total. The number of Topliss-reactive ketones (excluding diaryl/α,β-unsaturated/α-hetero) is 1. The minimum atomic E-state index is -0.0761. The van der Waals surface area contributed by atoms with E-state index in [0.717, 1.165) is 73.3 Å². The second-order valence-electron chi connectivity index (χ2n) is 9.64. The van der Waals surface area contributed by atoms with Crippen molar-refractivity contribution in [2.45, 2.75) is 58.3 Å². The van der Waals surface area contributed by atoms with Gasteiger partial charge < -0.3 is 19.9 Å². The van der Waals surface area contributed by atoms with Crippen LogP contribution in [0.5, 0.6) is 0 Å². The van der Waals surface area contributed by atoms with E-state index in [0.29, 0.717) is 43.5 Å². The number of aromatic amines is 1. The third-order valence-corrected chi connectivity index (χ3v) is 7.05. The summed E-state index contributed by atoms with van der Waals surface area (Å²) in [6.07, 6.45) is 8.13. The molecule has 35 heavy (non-hydrogen) atoms. The van der Waals surface area contributed by atoms with Crippen molar-refractivity contribution >= 4 is 40.2 Å². The van der Waals surface area contributed by atoms with Crippen LogP contribution in [0.15, 0.2) is 30.5 Å². The third kappa shape index (κ3) is 5.47. The Morgan fingerprint density at radius 2 is 2.03 bits per heavy atom. The number of unbranched alkanes of at least 4 members (excludes halogenated alkanes) is 1. The summed E-state index contributed by atoms with van der Waals surface area (Å²) in [6, 6.07) is 8.14. The molecule has 3 aromatic rings. The van der Waals surface area contributed by atoms with Crippen molar-refractivity contribution in [1.29, 1.82) is 0 Å². The molecule has 0 unspecified atom stereocenters. The van der Waals surface area contributed by atoms with E-state index >= 15 is 0 Å². The van der Waals surface area contributed by atoms with Crippen molar-refractivity contribution in [2.24, 2.45) is 5.92 Å². The van der Waals surface area contributed by atoms with E-state index in [4.69, 9.17) is 9.72 Å². The Balaban J connectivity index is 1.27. The van der Waals surface area contributed by atoms with Crippen LogP contribution >= 0.6 is 0 Å². The van der Waals surface area contributed by atoms with Crippen molar-refractivity contribution < 1.29 is 14.3 Å². The fourth-order valence-electron chi connectivity index (χ4n) is 5.01. The van der Waals surface area contributed by atoms with Crippen molar-refractivity contribution in [3.8, 4) is 0 Å². The molecule has 0 spiro atoms. The average molecular weight is 476 g/mol. The number of fused-ring (bicyclic) bond motifs is 2. The van der Waals surface area contributed by atoms with Crippen LogP contribution in [0.1, 0.15) is 56.6 Å². The minimum absolute atomic E-state index is 0.0761. The smallest absolute Gasteiger partial charge is 0.306 e. The highest BCUT2D eigenvalue weighted by Crippen LogP contribution is 2.31. The number of carbonyl (C=O) groups is 2. The van der Waals surface area contributed by atoms with Crippen molar-refractivity contribution in [1.82, 2.24) is 15.0 Å². The Morgan fingerprint density at radius 1 is 1.17 bits per heavy atom. The van der Waals surface area contributed by atoms with Gasteiger partial charge in [-0.15, -0.1) is 0 Å².